The number of benzene rings is 2. The summed E-state index contributed by atoms with van der Waals surface area (Å²) in [5.74, 6) is -0.581. The highest BCUT2D eigenvalue weighted by atomic mass is 16.6. The van der Waals surface area contributed by atoms with Gasteiger partial charge in [0.2, 0.25) is 11.8 Å². The molecule has 0 radical (unpaired) electrons. The van der Waals surface area contributed by atoms with Crippen LogP contribution < -0.4 is 16.0 Å². The molecule has 1 heterocycles. The molecule has 2 aromatic carbocycles. The average molecular weight is 496 g/mol. The highest BCUT2D eigenvalue weighted by molar-refractivity contribution is 5.86. The smallest absolute Gasteiger partial charge is 0.408 e. The maximum atomic E-state index is 13.1. The van der Waals surface area contributed by atoms with E-state index in [1.54, 1.807) is 0 Å². The van der Waals surface area contributed by atoms with Crippen molar-refractivity contribution in [2.75, 3.05) is 13.2 Å². The molecule has 8 heteroatoms. The van der Waals surface area contributed by atoms with Crippen molar-refractivity contribution < 1.29 is 24.2 Å². The van der Waals surface area contributed by atoms with Gasteiger partial charge in [-0.15, -0.1) is 0 Å². The first-order chi connectivity index (χ1) is 17.4. The maximum absolute atomic E-state index is 13.1. The number of aliphatic hydroxyl groups is 1. The van der Waals surface area contributed by atoms with Gasteiger partial charge in [0.05, 0.1) is 12.6 Å². The van der Waals surface area contributed by atoms with Crippen LogP contribution in [0, 0.1) is 11.8 Å². The number of nitrogens with one attached hydrogen (secondary N) is 3. The van der Waals surface area contributed by atoms with E-state index in [4.69, 9.17) is 4.74 Å². The molecule has 4 atom stereocenters. The van der Waals surface area contributed by atoms with Gasteiger partial charge in [-0.2, -0.15) is 0 Å². The Labute approximate surface area is 212 Å². The van der Waals surface area contributed by atoms with E-state index in [9.17, 15) is 19.5 Å². The van der Waals surface area contributed by atoms with Crippen molar-refractivity contribution in [2.45, 2.75) is 57.7 Å². The molecular weight excluding hydrogens is 458 g/mol. The largest absolute Gasteiger partial charge is 0.441 e. The molecule has 3 amide bonds. The fraction of sp³-hybridized carbons (Fsp3) is 0.464. The first-order valence-electron chi connectivity index (χ1n) is 12.6. The van der Waals surface area contributed by atoms with Crippen LogP contribution in [0.15, 0.2) is 60.7 Å². The van der Waals surface area contributed by atoms with Crippen LogP contribution in [-0.2, 0) is 20.7 Å². The van der Waals surface area contributed by atoms with E-state index in [0.29, 0.717) is 32.2 Å². The molecule has 1 fully saturated rings. The Kier molecular flexibility index (Phi) is 10.3. The summed E-state index contributed by atoms with van der Waals surface area (Å²) < 4.78 is 5.82. The van der Waals surface area contributed by atoms with Crippen LogP contribution in [0.1, 0.15) is 50.3 Å². The summed E-state index contributed by atoms with van der Waals surface area (Å²) in [4.78, 5) is 38.0. The zero-order valence-corrected chi connectivity index (χ0v) is 21.0. The summed E-state index contributed by atoms with van der Waals surface area (Å²) in [7, 11) is 0. The standard InChI is InChI=1S/C28H37N3O5/c1-19(2)15-24(27(34)30-23(18-32)17-22-13-14-29-26(22)33)31-28(35)36-25(21-11-7-4-8-12-21)16-20-9-5-3-6-10-20/h3-12,19,22-25,32H,13-18H2,1-2H3,(H,29,33)(H,30,34)(H,31,35)/t22-,23-,24-,25?/m0/s1. The average Bonchev–Trinajstić information content (AvgIpc) is 3.27. The number of aliphatic hydroxyl groups excluding tert-OH is 1. The van der Waals surface area contributed by atoms with Crippen molar-refractivity contribution in [1.29, 1.82) is 0 Å². The third-order valence-corrected chi connectivity index (χ3v) is 6.30. The topological polar surface area (TPSA) is 117 Å². The van der Waals surface area contributed by atoms with E-state index in [-0.39, 0.29) is 24.3 Å². The second-order valence-corrected chi connectivity index (χ2v) is 9.72. The van der Waals surface area contributed by atoms with Crippen molar-refractivity contribution >= 4 is 17.9 Å². The molecule has 0 saturated carbocycles. The lowest BCUT2D eigenvalue weighted by Crippen LogP contribution is -2.51. The van der Waals surface area contributed by atoms with Crippen LogP contribution in [0.25, 0.3) is 0 Å². The first-order valence-corrected chi connectivity index (χ1v) is 12.6. The van der Waals surface area contributed by atoms with Gasteiger partial charge in [0.15, 0.2) is 0 Å². The molecule has 2 aromatic rings. The summed E-state index contributed by atoms with van der Waals surface area (Å²) in [5, 5.41) is 18.1. The van der Waals surface area contributed by atoms with Gasteiger partial charge in [0.25, 0.3) is 0 Å². The van der Waals surface area contributed by atoms with Crippen LogP contribution in [0.2, 0.25) is 0 Å². The number of carbonyl (C=O) groups is 3. The van der Waals surface area contributed by atoms with Crippen LogP contribution >= 0.6 is 0 Å². The quantitative estimate of drug-likeness (QED) is 0.361. The minimum Gasteiger partial charge on any atom is -0.441 e. The predicted octanol–water partition coefficient (Wildman–Crippen LogP) is 3.11. The van der Waals surface area contributed by atoms with Gasteiger partial charge >= 0.3 is 6.09 Å². The monoisotopic (exact) mass is 495 g/mol. The summed E-state index contributed by atoms with van der Waals surface area (Å²) in [6.45, 7) is 4.23. The molecule has 1 unspecified atom stereocenters. The number of hydrogen-bond donors (Lipinski definition) is 4. The number of ether oxygens (including phenoxy) is 1. The van der Waals surface area contributed by atoms with Crippen molar-refractivity contribution in [3.05, 3.63) is 71.8 Å². The minimum atomic E-state index is -0.836. The fourth-order valence-corrected chi connectivity index (χ4v) is 4.43. The minimum absolute atomic E-state index is 0.0616. The Balaban J connectivity index is 1.66. The molecule has 1 aliphatic heterocycles. The van der Waals surface area contributed by atoms with Gasteiger partial charge in [-0.1, -0.05) is 74.5 Å². The normalized spacial score (nSPS) is 17.7. The highest BCUT2D eigenvalue weighted by Gasteiger charge is 2.30. The number of amides is 3. The SMILES string of the molecule is CC(C)C[C@H](NC(=O)OC(Cc1ccccc1)c1ccccc1)C(=O)N[C@H](CO)C[C@@H]1CCNC1=O. The van der Waals surface area contributed by atoms with E-state index in [0.717, 1.165) is 11.1 Å². The van der Waals surface area contributed by atoms with Crippen LogP contribution in [0.3, 0.4) is 0 Å². The molecule has 0 aromatic heterocycles. The lowest BCUT2D eigenvalue weighted by molar-refractivity contribution is -0.126. The molecule has 8 nitrogen and oxygen atoms in total. The van der Waals surface area contributed by atoms with Crippen LogP contribution in [0.4, 0.5) is 4.79 Å². The van der Waals surface area contributed by atoms with Gasteiger partial charge < -0.3 is 25.8 Å². The lowest BCUT2D eigenvalue weighted by atomic mass is 9.97. The first kappa shape index (κ1) is 27.2. The van der Waals surface area contributed by atoms with E-state index in [2.05, 4.69) is 16.0 Å². The van der Waals surface area contributed by atoms with Crippen molar-refractivity contribution in [1.82, 2.24) is 16.0 Å². The van der Waals surface area contributed by atoms with Gasteiger partial charge in [-0.05, 0) is 36.3 Å². The number of carbonyl (C=O) groups excluding carboxylic acids is 3. The van der Waals surface area contributed by atoms with Gasteiger partial charge in [0, 0.05) is 18.9 Å². The third-order valence-electron chi connectivity index (χ3n) is 6.30. The lowest BCUT2D eigenvalue weighted by Gasteiger charge is -2.25. The van der Waals surface area contributed by atoms with Crippen molar-refractivity contribution in [3.63, 3.8) is 0 Å². The number of hydrogen-bond acceptors (Lipinski definition) is 5. The Morgan fingerprint density at radius 2 is 1.72 bits per heavy atom. The Bertz CT molecular complexity index is 983. The molecule has 0 spiro atoms. The van der Waals surface area contributed by atoms with Crippen LogP contribution in [-0.4, -0.2) is 48.2 Å². The molecule has 0 bridgehead atoms. The summed E-state index contributed by atoms with van der Waals surface area (Å²) >= 11 is 0. The predicted molar refractivity (Wildman–Crippen MR) is 137 cm³/mol. The zero-order chi connectivity index (χ0) is 25.9. The van der Waals surface area contributed by atoms with Crippen LogP contribution in [0.5, 0.6) is 0 Å². The van der Waals surface area contributed by atoms with Gasteiger partial charge in [-0.3, -0.25) is 9.59 Å². The summed E-state index contributed by atoms with van der Waals surface area (Å²) in [6.07, 6.45) is 0.708. The second kappa shape index (κ2) is 13.6. The van der Waals surface area contributed by atoms with E-state index < -0.39 is 30.2 Å². The Morgan fingerprint density at radius 3 is 2.31 bits per heavy atom. The molecule has 36 heavy (non-hydrogen) atoms. The molecule has 194 valence electrons. The highest BCUT2D eigenvalue weighted by Crippen LogP contribution is 2.23. The van der Waals surface area contributed by atoms with Crippen molar-refractivity contribution in [2.24, 2.45) is 11.8 Å². The zero-order valence-electron chi connectivity index (χ0n) is 21.0. The van der Waals surface area contributed by atoms with E-state index in [1.807, 2.05) is 74.5 Å². The molecule has 4 N–H and O–H groups in total. The van der Waals surface area contributed by atoms with E-state index >= 15 is 0 Å². The summed E-state index contributed by atoms with van der Waals surface area (Å²) in [5.41, 5.74) is 1.88. The maximum Gasteiger partial charge on any atom is 0.408 e. The Morgan fingerprint density at radius 1 is 1.06 bits per heavy atom. The fourth-order valence-electron chi connectivity index (χ4n) is 4.43. The Hall–Kier alpha value is -3.39. The van der Waals surface area contributed by atoms with Gasteiger partial charge in [-0.25, -0.2) is 4.79 Å². The molecule has 3 rings (SSSR count). The molecular formula is C28H37N3O5. The summed E-state index contributed by atoms with van der Waals surface area (Å²) in [6, 6.07) is 17.9. The van der Waals surface area contributed by atoms with E-state index in [1.165, 1.54) is 0 Å². The number of rotatable bonds is 12. The third kappa shape index (κ3) is 8.37. The second-order valence-electron chi connectivity index (χ2n) is 9.72. The van der Waals surface area contributed by atoms with Gasteiger partial charge in [0.1, 0.15) is 12.1 Å². The number of alkyl carbamates (subject to hydrolysis) is 1. The molecule has 0 aliphatic carbocycles. The van der Waals surface area contributed by atoms with Crippen molar-refractivity contribution in [3.8, 4) is 0 Å². The molecule has 1 saturated heterocycles. The molecule has 1 aliphatic rings.